The number of nitrogens with zero attached hydrogens (tertiary/aromatic N) is 2. The van der Waals surface area contributed by atoms with E-state index in [1.165, 1.54) is 21.0 Å². The third kappa shape index (κ3) is 3.05. The van der Waals surface area contributed by atoms with Crippen molar-refractivity contribution in [2.75, 3.05) is 0 Å². The van der Waals surface area contributed by atoms with Gasteiger partial charge in [-0.3, -0.25) is 16.0 Å². The molecule has 4 nitrogen and oxygen atoms in total. The van der Waals surface area contributed by atoms with Gasteiger partial charge in [-0.15, -0.1) is 11.3 Å². The van der Waals surface area contributed by atoms with Crippen LogP contribution in [-0.2, 0) is 19.9 Å². The van der Waals surface area contributed by atoms with Crippen LogP contribution < -0.4 is 11.3 Å². The lowest BCUT2D eigenvalue weighted by atomic mass is 10.1. The number of aromatic nitrogens is 2. The molecule has 1 unspecified atom stereocenters. The van der Waals surface area contributed by atoms with Crippen LogP contribution in [0.3, 0.4) is 0 Å². The molecule has 19 heavy (non-hydrogen) atoms. The van der Waals surface area contributed by atoms with Crippen LogP contribution in [-0.4, -0.2) is 9.78 Å². The Bertz CT molecular complexity index is 536. The Kier molecular flexibility index (Phi) is 4.39. The van der Waals surface area contributed by atoms with Crippen LogP contribution in [0.15, 0.2) is 12.1 Å². The molecule has 0 saturated carbocycles. The van der Waals surface area contributed by atoms with Crippen molar-refractivity contribution in [1.29, 1.82) is 0 Å². The molecule has 0 aliphatic heterocycles. The zero-order valence-electron chi connectivity index (χ0n) is 12.0. The molecule has 0 amide bonds. The van der Waals surface area contributed by atoms with Crippen molar-refractivity contribution >= 4 is 11.3 Å². The second-order valence-electron chi connectivity index (χ2n) is 4.92. The standard InChI is InChI=1S/C14H22N4S/c1-5-11-7-12(18(4)17-11)8-13(16-15)14-6-9(2)10(3)19-14/h6-7,13,16H,5,8,15H2,1-4H3. The molecule has 0 radical (unpaired) electrons. The lowest BCUT2D eigenvalue weighted by molar-refractivity contribution is 0.537. The first-order valence-electron chi connectivity index (χ1n) is 6.60. The smallest absolute Gasteiger partial charge is 0.0624 e. The van der Waals surface area contributed by atoms with E-state index >= 15 is 0 Å². The van der Waals surface area contributed by atoms with E-state index in [1.807, 2.05) is 23.1 Å². The topological polar surface area (TPSA) is 55.9 Å². The van der Waals surface area contributed by atoms with Gasteiger partial charge in [0.15, 0.2) is 0 Å². The second kappa shape index (κ2) is 5.86. The summed E-state index contributed by atoms with van der Waals surface area (Å²) in [7, 11) is 1.99. The van der Waals surface area contributed by atoms with E-state index in [2.05, 4.69) is 43.4 Å². The maximum Gasteiger partial charge on any atom is 0.0624 e. The minimum Gasteiger partial charge on any atom is -0.272 e. The Balaban J connectivity index is 2.21. The van der Waals surface area contributed by atoms with E-state index < -0.39 is 0 Å². The molecule has 0 aromatic carbocycles. The molecular formula is C14H22N4S. The van der Waals surface area contributed by atoms with Crippen molar-refractivity contribution in [3.8, 4) is 0 Å². The number of nitrogens with one attached hydrogen (secondary N) is 1. The van der Waals surface area contributed by atoms with Gasteiger partial charge in [-0.2, -0.15) is 5.10 Å². The van der Waals surface area contributed by atoms with Crippen LogP contribution in [0.2, 0.25) is 0 Å². The lowest BCUT2D eigenvalue weighted by Gasteiger charge is -2.14. The number of hydrogen-bond acceptors (Lipinski definition) is 4. The summed E-state index contributed by atoms with van der Waals surface area (Å²) in [5.41, 5.74) is 6.61. The molecule has 2 rings (SSSR count). The monoisotopic (exact) mass is 278 g/mol. The average Bonchev–Trinajstić information content (AvgIpc) is 2.90. The first kappa shape index (κ1) is 14.2. The van der Waals surface area contributed by atoms with Gasteiger partial charge in [-0.1, -0.05) is 6.92 Å². The van der Waals surface area contributed by atoms with E-state index in [9.17, 15) is 0 Å². The third-order valence-electron chi connectivity index (χ3n) is 3.53. The van der Waals surface area contributed by atoms with Gasteiger partial charge >= 0.3 is 0 Å². The van der Waals surface area contributed by atoms with Crippen molar-refractivity contribution in [2.45, 2.75) is 39.7 Å². The Morgan fingerprint density at radius 2 is 2.16 bits per heavy atom. The zero-order chi connectivity index (χ0) is 14.0. The van der Waals surface area contributed by atoms with Gasteiger partial charge in [-0.25, -0.2) is 0 Å². The Morgan fingerprint density at radius 1 is 1.42 bits per heavy atom. The molecule has 0 bridgehead atoms. The van der Waals surface area contributed by atoms with Crippen molar-refractivity contribution in [3.05, 3.63) is 38.8 Å². The minimum atomic E-state index is 0.150. The van der Waals surface area contributed by atoms with Crippen molar-refractivity contribution in [3.63, 3.8) is 0 Å². The SMILES string of the molecule is CCc1cc(CC(NN)c2cc(C)c(C)s2)n(C)n1. The number of nitrogens with two attached hydrogens (primary N) is 1. The first-order chi connectivity index (χ1) is 9.05. The van der Waals surface area contributed by atoms with E-state index in [0.717, 1.165) is 18.5 Å². The molecule has 2 aromatic heterocycles. The molecule has 0 saturated heterocycles. The largest absolute Gasteiger partial charge is 0.272 e. The van der Waals surface area contributed by atoms with Crippen LogP contribution in [0.1, 0.15) is 39.7 Å². The highest BCUT2D eigenvalue weighted by molar-refractivity contribution is 7.12. The normalized spacial score (nSPS) is 12.9. The summed E-state index contributed by atoms with van der Waals surface area (Å²) in [5, 5.41) is 4.48. The van der Waals surface area contributed by atoms with Gasteiger partial charge in [0, 0.05) is 28.9 Å². The fourth-order valence-corrected chi connectivity index (χ4v) is 3.26. The van der Waals surface area contributed by atoms with Gasteiger partial charge in [0.25, 0.3) is 0 Å². The van der Waals surface area contributed by atoms with Crippen molar-refractivity contribution in [2.24, 2.45) is 12.9 Å². The minimum absolute atomic E-state index is 0.150. The summed E-state index contributed by atoms with van der Waals surface area (Å²) < 4.78 is 1.95. The molecule has 1 atom stereocenters. The molecule has 5 heteroatoms. The first-order valence-corrected chi connectivity index (χ1v) is 7.41. The van der Waals surface area contributed by atoms with Gasteiger partial charge in [0.05, 0.1) is 11.7 Å². The van der Waals surface area contributed by atoms with Gasteiger partial charge in [-0.05, 0) is 38.0 Å². The molecule has 0 fully saturated rings. The molecule has 0 aliphatic rings. The average molecular weight is 278 g/mol. The highest BCUT2D eigenvalue weighted by Crippen LogP contribution is 2.28. The van der Waals surface area contributed by atoms with Crippen LogP contribution in [0.25, 0.3) is 0 Å². The third-order valence-corrected chi connectivity index (χ3v) is 4.80. The molecule has 104 valence electrons. The highest BCUT2D eigenvalue weighted by Gasteiger charge is 2.16. The number of hydrazine groups is 1. The van der Waals surface area contributed by atoms with Crippen molar-refractivity contribution in [1.82, 2.24) is 15.2 Å². The Morgan fingerprint density at radius 3 is 2.63 bits per heavy atom. The number of hydrogen-bond donors (Lipinski definition) is 2. The van der Waals surface area contributed by atoms with Crippen molar-refractivity contribution < 1.29 is 0 Å². The molecular weight excluding hydrogens is 256 g/mol. The summed E-state index contributed by atoms with van der Waals surface area (Å²) in [6, 6.07) is 4.54. The summed E-state index contributed by atoms with van der Waals surface area (Å²) in [6.45, 7) is 6.41. The number of rotatable bonds is 5. The number of thiophene rings is 1. The van der Waals surface area contributed by atoms with Crippen LogP contribution in [0.4, 0.5) is 0 Å². The predicted molar refractivity (Wildman–Crippen MR) is 80.1 cm³/mol. The molecule has 0 aliphatic carbocycles. The molecule has 2 aromatic rings. The summed E-state index contributed by atoms with van der Waals surface area (Å²) in [4.78, 5) is 2.64. The lowest BCUT2D eigenvalue weighted by Crippen LogP contribution is -2.29. The summed E-state index contributed by atoms with van der Waals surface area (Å²) in [6.07, 6.45) is 1.82. The quantitative estimate of drug-likeness (QED) is 0.652. The van der Waals surface area contributed by atoms with E-state index in [1.54, 1.807) is 0 Å². The molecule has 0 spiro atoms. The fraction of sp³-hybridized carbons (Fsp3) is 0.500. The Hall–Kier alpha value is -1.17. The zero-order valence-corrected chi connectivity index (χ0v) is 12.8. The maximum atomic E-state index is 5.73. The van der Waals surface area contributed by atoms with E-state index in [0.29, 0.717) is 0 Å². The maximum absolute atomic E-state index is 5.73. The van der Waals surface area contributed by atoms with E-state index in [4.69, 9.17) is 5.84 Å². The highest BCUT2D eigenvalue weighted by atomic mass is 32.1. The van der Waals surface area contributed by atoms with Crippen LogP contribution in [0.5, 0.6) is 0 Å². The molecule has 2 heterocycles. The molecule has 3 N–H and O–H groups in total. The van der Waals surface area contributed by atoms with Gasteiger partial charge < -0.3 is 0 Å². The predicted octanol–water partition coefficient (Wildman–Crippen LogP) is 2.41. The fourth-order valence-electron chi connectivity index (χ4n) is 2.16. The van der Waals surface area contributed by atoms with E-state index in [-0.39, 0.29) is 6.04 Å². The van der Waals surface area contributed by atoms with Crippen LogP contribution >= 0.6 is 11.3 Å². The Labute approximate surface area is 118 Å². The second-order valence-corrected chi connectivity index (χ2v) is 6.20. The van der Waals surface area contributed by atoms with Crippen LogP contribution in [0, 0.1) is 13.8 Å². The number of aryl methyl sites for hydroxylation is 4. The summed E-state index contributed by atoms with van der Waals surface area (Å²) in [5.74, 6) is 5.73. The summed E-state index contributed by atoms with van der Waals surface area (Å²) >= 11 is 1.81. The van der Waals surface area contributed by atoms with Gasteiger partial charge in [0.1, 0.15) is 0 Å². The van der Waals surface area contributed by atoms with Gasteiger partial charge in [0.2, 0.25) is 0 Å².